The highest BCUT2D eigenvalue weighted by Gasteiger charge is 2.21. The molecule has 1 aliphatic heterocycles. The van der Waals surface area contributed by atoms with Gasteiger partial charge in [-0.2, -0.15) is 0 Å². The Morgan fingerprint density at radius 1 is 1.38 bits per heavy atom. The normalized spacial score (nSPS) is 21.1. The molecule has 0 spiro atoms. The van der Waals surface area contributed by atoms with Gasteiger partial charge < -0.3 is 5.32 Å². The molecule has 1 saturated heterocycles. The van der Waals surface area contributed by atoms with Crippen molar-refractivity contribution in [3.05, 3.63) is 34.9 Å². The van der Waals surface area contributed by atoms with Crippen LogP contribution in [0, 0.1) is 11.6 Å². The highest BCUT2D eigenvalue weighted by Crippen LogP contribution is 2.28. The van der Waals surface area contributed by atoms with Crippen LogP contribution in [0.2, 0.25) is 0 Å². The number of hydrogen-bond donors (Lipinski definition) is 1. The van der Waals surface area contributed by atoms with E-state index >= 15 is 0 Å². The van der Waals surface area contributed by atoms with Crippen molar-refractivity contribution >= 4 is 0 Å². The molecule has 1 unspecified atom stereocenters. The molecular formula is C13H17F2N. The van der Waals surface area contributed by atoms with Gasteiger partial charge in [0.15, 0.2) is 11.6 Å². The second-order valence-corrected chi connectivity index (χ2v) is 4.38. The molecule has 1 fully saturated rings. The Bertz CT molecular complexity index is 370. The van der Waals surface area contributed by atoms with Crippen LogP contribution in [-0.4, -0.2) is 13.1 Å². The average Bonchev–Trinajstić information content (AvgIpc) is 2.33. The van der Waals surface area contributed by atoms with Crippen LogP contribution < -0.4 is 5.32 Å². The Balaban J connectivity index is 2.33. The molecule has 2 rings (SSSR count). The summed E-state index contributed by atoms with van der Waals surface area (Å²) in [4.78, 5) is 0. The van der Waals surface area contributed by atoms with Gasteiger partial charge in [-0.1, -0.05) is 13.0 Å². The lowest BCUT2D eigenvalue weighted by Gasteiger charge is -2.24. The molecule has 1 N–H and O–H groups in total. The summed E-state index contributed by atoms with van der Waals surface area (Å²) >= 11 is 0. The van der Waals surface area contributed by atoms with E-state index in [-0.39, 0.29) is 5.92 Å². The predicted octanol–water partition coefficient (Wildman–Crippen LogP) is 2.99. The summed E-state index contributed by atoms with van der Waals surface area (Å²) in [5.74, 6) is -1.25. The number of nitrogens with one attached hydrogen (secondary N) is 1. The maximum absolute atomic E-state index is 13.7. The molecule has 0 radical (unpaired) electrons. The van der Waals surface area contributed by atoms with E-state index in [1.807, 2.05) is 13.0 Å². The SMILES string of the molecule is CCc1cc(F)c(F)c(C2CCCNC2)c1. The van der Waals surface area contributed by atoms with Gasteiger partial charge in [0.1, 0.15) is 0 Å². The fourth-order valence-electron chi connectivity index (χ4n) is 2.29. The molecule has 0 aromatic heterocycles. The molecule has 1 heterocycles. The minimum Gasteiger partial charge on any atom is -0.316 e. The van der Waals surface area contributed by atoms with E-state index in [1.54, 1.807) is 0 Å². The third kappa shape index (κ3) is 2.24. The first kappa shape index (κ1) is 11.5. The van der Waals surface area contributed by atoms with Crippen molar-refractivity contribution in [2.75, 3.05) is 13.1 Å². The van der Waals surface area contributed by atoms with Gasteiger partial charge >= 0.3 is 0 Å². The zero-order valence-corrected chi connectivity index (χ0v) is 9.52. The third-order valence-electron chi connectivity index (χ3n) is 3.26. The molecule has 0 saturated carbocycles. The minimum atomic E-state index is -0.708. The van der Waals surface area contributed by atoms with Crippen LogP contribution in [0.4, 0.5) is 8.78 Å². The second kappa shape index (κ2) is 4.91. The molecule has 0 bridgehead atoms. The summed E-state index contributed by atoms with van der Waals surface area (Å²) in [5.41, 5.74) is 1.42. The predicted molar refractivity (Wildman–Crippen MR) is 60.6 cm³/mol. The zero-order valence-electron chi connectivity index (χ0n) is 9.52. The fraction of sp³-hybridized carbons (Fsp3) is 0.538. The molecule has 1 nitrogen and oxygen atoms in total. The molecule has 0 amide bonds. The second-order valence-electron chi connectivity index (χ2n) is 4.38. The van der Waals surface area contributed by atoms with E-state index in [9.17, 15) is 8.78 Å². The minimum absolute atomic E-state index is 0.120. The van der Waals surface area contributed by atoms with Crippen LogP contribution in [0.3, 0.4) is 0 Å². The van der Waals surface area contributed by atoms with E-state index < -0.39 is 11.6 Å². The smallest absolute Gasteiger partial charge is 0.162 e. The Morgan fingerprint density at radius 3 is 2.81 bits per heavy atom. The molecular weight excluding hydrogens is 208 g/mol. The van der Waals surface area contributed by atoms with Gasteiger partial charge in [-0.25, -0.2) is 8.78 Å². The number of halogens is 2. The summed E-state index contributed by atoms with van der Waals surface area (Å²) in [6.07, 6.45) is 2.71. The van der Waals surface area contributed by atoms with Gasteiger partial charge in [-0.05, 0) is 48.9 Å². The third-order valence-corrected chi connectivity index (χ3v) is 3.26. The van der Waals surface area contributed by atoms with Gasteiger partial charge in [0.05, 0.1) is 0 Å². The Kier molecular flexibility index (Phi) is 3.54. The summed E-state index contributed by atoms with van der Waals surface area (Å²) in [6.45, 7) is 3.69. The first-order valence-corrected chi connectivity index (χ1v) is 5.91. The zero-order chi connectivity index (χ0) is 11.5. The largest absolute Gasteiger partial charge is 0.316 e. The molecule has 1 atom stereocenters. The molecule has 0 aliphatic carbocycles. The molecule has 88 valence electrons. The molecule has 1 aromatic rings. The molecule has 1 aliphatic rings. The van der Waals surface area contributed by atoms with E-state index in [1.165, 1.54) is 6.07 Å². The quantitative estimate of drug-likeness (QED) is 0.816. The van der Waals surface area contributed by atoms with E-state index in [0.717, 1.165) is 37.9 Å². The molecule has 3 heteroatoms. The maximum atomic E-state index is 13.7. The van der Waals surface area contributed by atoms with Gasteiger partial charge in [0.2, 0.25) is 0 Å². The van der Waals surface area contributed by atoms with Crippen molar-refractivity contribution < 1.29 is 8.78 Å². The van der Waals surface area contributed by atoms with Crippen LogP contribution in [0.15, 0.2) is 12.1 Å². The number of rotatable bonds is 2. The maximum Gasteiger partial charge on any atom is 0.162 e. The van der Waals surface area contributed by atoms with Gasteiger partial charge in [0, 0.05) is 6.54 Å². The lowest BCUT2D eigenvalue weighted by atomic mass is 9.90. The Labute approximate surface area is 94.9 Å². The van der Waals surface area contributed by atoms with Crippen molar-refractivity contribution in [1.82, 2.24) is 5.32 Å². The van der Waals surface area contributed by atoms with E-state index in [2.05, 4.69) is 5.32 Å². The van der Waals surface area contributed by atoms with Crippen LogP contribution in [0.1, 0.15) is 36.8 Å². The number of hydrogen-bond acceptors (Lipinski definition) is 1. The number of aryl methyl sites for hydroxylation is 1. The van der Waals surface area contributed by atoms with Gasteiger partial charge in [-0.15, -0.1) is 0 Å². The monoisotopic (exact) mass is 225 g/mol. The number of benzene rings is 1. The van der Waals surface area contributed by atoms with Crippen LogP contribution in [-0.2, 0) is 6.42 Å². The van der Waals surface area contributed by atoms with Crippen molar-refractivity contribution in [3.8, 4) is 0 Å². The highest BCUT2D eigenvalue weighted by atomic mass is 19.2. The summed E-state index contributed by atoms with van der Waals surface area (Å²) in [7, 11) is 0. The molecule has 1 aromatic carbocycles. The fourth-order valence-corrected chi connectivity index (χ4v) is 2.29. The Morgan fingerprint density at radius 2 is 2.19 bits per heavy atom. The lowest BCUT2D eigenvalue weighted by Crippen LogP contribution is -2.29. The number of piperidine rings is 1. The van der Waals surface area contributed by atoms with Gasteiger partial charge in [0.25, 0.3) is 0 Å². The summed E-state index contributed by atoms with van der Waals surface area (Å²) < 4.78 is 27.1. The standard InChI is InChI=1S/C13H17F2N/c1-2-9-6-11(13(15)12(14)7-9)10-4-3-5-16-8-10/h6-7,10,16H,2-5,8H2,1H3. The van der Waals surface area contributed by atoms with Crippen LogP contribution in [0.25, 0.3) is 0 Å². The van der Waals surface area contributed by atoms with Crippen LogP contribution >= 0.6 is 0 Å². The van der Waals surface area contributed by atoms with E-state index in [0.29, 0.717) is 5.56 Å². The molecule has 16 heavy (non-hydrogen) atoms. The van der Waals surface area contributed by atoms with Crippen molar-refractivity contribution in [2.45, 2.75) is 32.1 Å². The van der Waals surface area contributed by atoms with Crippen molar-refractivity contribution in [1.29, 1.82) is 0 Å². The van der Waals surface area contributed by atoms with Crippen molar-refractivity contribution in [3.63, 3.8) is 0 Å². The average molecular weight is 225 g/mol. The van der Waals surface area contributed by atoms with Crippen LogP contribution in [0.5, 0.6) is 0 Å². The van der Waals surface area contributed by atoms with E-state index in [4.69, 9.17) is 0 Å². The van der Waals surface area contributed by atoms with Crippen molar-refractivity contribution in [2.24, 2.45) is 0 Å². The lowest BCUT2D eigenvalue weighted by molar-refractivity contribution is 0.430. The first-order valence-electron chi connectivity index (χ1n) is 5.91. The Hall–Kier alpha value is -0.960. The first-order chi connectivity index (χ1) is 7.72. The topological polar surface area (TPSA) is 12.0 Å². The van der Waals surface area contributed by atoms with Gasteiger partial charge in [-0.3, -0.25) is 0 Å². The highest BCUT2D eigenvalue weighted by molar-refractivity contribution is 5.30. The summed E-state index contributed by atoms with van der Waals surface area (Å²) in [5, 5.41) is 3.23. The summed E-state index contributed by atoms with van der Waals surface area (Å²) in [6, 6.07) is 3.12.